The predicted octanol–water partition coefficient (Wildman–Crippen LogP) is 0.0654. The second kappa shape index (κ2) is 5.14. The molecule has 0 spiro atoms. The minimum atomic E-state index is -3.92. The van der Waals surface area contributed by atoms with E-state index in [9.17, 15) is 21.9 Å². The molecule has 1 aromatic carbocycles. The van der Waals surface area contributed by atoms with Crippen molar-refractivity contribution in [2.75, 3.05) is 12.0 Å². The van der Waals surface area contributed by atoms with E-state index in [1.54, 1.807) is 0 Å². The fraction of sp³-hybridized carbons (Fsp3) is 0.333. The molecule has 6 nitrogen and oxygen atoms in total. The summed E-state index contributed by atoms with van der Waals surface area (Å²) in [4.78, 5) is -0.217. The first-order valence-electron chi connectivity index (χ1n) is 4.69. The highest BCUT2D eigenvalue weighted by Gasteiger charge is 2.22. The van der Waals surface area contributed by atoms with Crippen LogP contribution in [0.25, 0.3) is 0 Å². The number of hydrogen-bond donors (Lipinski definition) is 2. The number of nitrogens with two attached hydrogens (primary N) is 1. The summed E-state index contributed by atoms with van der Waals surface area (Å²) in [6.45, 7) is 0. The molecule has 18 heavy (non-hydrogen) atoms. The smallest absolute Gasteiger partial charge is 0.211 e. The SMILES string of the molecule is CS(=O)(=O)c1cc(Cl)ccc1[C@H](O)CS(N)(=O)=O. The molecular formula is C9H12ClNO5S2. The molecule has 0 aliphatic carbocycles. The normalized spacial score (nSPS) is 14.4. The van der Waals surface area contributed by atoms with Gasteiger partial charge in [-0.05, 0) is 12.1 Å². The predicted molar refractivity (Wildman–Crippen MR) is 67.5 cm³/mol. The second-order valence-electron chi connectivity index (χ2n) is 3.80. The summed E-state index contributed by atoms with van der Waals surface area (Å²) >= 11 is 5.67. The minimum absolute atomic E-state index is 0.0454. The van der Waals surface area contributed by atoms with Gasteiger partial charge in [0.1, 0.15) is 0 Å². The van der Waals surface area contributed by atoms with Crippen LogP contribution in [0.5, 0.6) is 0 Å². The first-order valence-corrected chi connectivity index (χ1v) is 8.67. The lowest BCUT2D eigenvalue weighted by Gasteiger charge is -2.14. The number of sulfonamides is 1. The number of benzene rings is 1. The average molecular weight is 314 g/mol. The zero-order valence-corrected chi connectivity index (χ0v) is 11.8. The van der Waals surface area contributed by atoms with Crippen LogP contribution >= 0.6 is 11.6 Å². The van der Waals surface area contributed by atoms with Gasteiger partial charge in [-0.2, -0.15) is 0 Å². The van der Waals surface area contributed by atoms with Crippen molar-refractivity contribution in [1.29, 1.82) is 0 Å². The Bertz CT molecular complexity index is 654. The number of aliphatic hydroxyl groups is 1. The molecule has 0 saturated carbocycles. The van der Waals surface area contributed by atoms with Crippen LogP contribution in [-0.4, -0.2) is 34.0 Å². The second-order valence-corrected chi connectivity index (χ2v) is 7.88. The largest absolute Gasteiger partial charge is 0.387 e. The topological polar surface area (TPSA) is 115 Å². The van der Waals surface area contributed by atoms with Crippen LogP contribution in [0.15, 0.2) is 23.1 Å². The zero-order chi connectivity index (χ0) is 14.1. The summed E-state index contributed by atoms with van der Waals surface area (Å²) < 4.78 is 44.8. The van der Waals surface area contributed by atoms with Crippen molar-refractivity contribution in [3.63, 3.8) is 0 Å². The number of primary sulfonamides is 1. The molecule has 0 aromatic heterocycles. The highest BCUT2D eigenvalue weighted by Crippen LogP contribution is 2.26. The van der Waals surface area contributed by atoms with Gasteiger partial charge in [0.25, 0.3) is 0 Å². The Balaban J connectivity index is 3.33. The van der Waals surface area contributed by atoms with Gasteiger partial charge in [0.05, 0.1) is 16.8 Å². The van der Waals surface area contributed by atoms with Gasteiger partial charge in [0.2, 0.25) is 10.0 Å². The van der Waals surface area contributed by atoms with E-state index in [0.29, 0.717) is 0 Å². The Labute approximate surface area is 110 Å². The highest BCUT2D eigenvalue weighted by atomic mass is 35.5. The number of aliphatic hydroxyl groups excluding tert-OH is 1. The summed E-state index contributed by atoms with van der Waals surface area (Å²) in [5, 5.41) is 14.7. The van der Waals surface area contributed by atoms with E-state index >= 15 is 0 Å². The van der Waals surface area contributed by atoms with Gasteiger partial charge >= 0.3 is 0 Å². The third-order valence-electron chi connectivity index (χ3n) is 2.12. The molecule has 0 fully saturated rings. The number of rotatable bonds is 4. The summed E-state index contributed by atoms with van der Waals surface area (Å²) in [7, 11) is -7.56. The van der Waals surface area contributed by atoms with Crippen LogP contribution in [0.3, 0.4) is 0 Å². The van der Waals surface area contributed by atoms with Crippen LogP contribution in [0.1, 0.15) is 11.7 Å². The van der Waals surface area contributed by atoms with Crippen LogP contribution in [0.4, 0.5) is 0 Å². The van der Waals surface area contributed by atoms with E-state index in [4.69, 9.17) is 16.7 Å². The molecule has 0 aliphatic heterocycles. The van der Waals surface area contributed by atoms with Crippen LogP contribution in [0, 0.1) is 0 Å². The van der Waals surface area contributed by atoms with Crippen molar-refractivity contribution in [1.82, 2.24) is 0 Å². The molecule has 0 saturated heterocycles. The molecule has 0 amide bonds. The molecule has 1 aromatic rings. The molecule has 3 N–H and O–H groups in total. The Morgan fingerprint density at radius 2 is 1.89 bits per heavy atom. The lowest BCUT2D eigenvalue weighted by atomic mass is 10.1. The van der Waals surface area contributed by atoms with E-state index in [0.717, 1.165) is 12.3 Å². The number of hydrogen-bond acceptors (Lipinski definition) is 5. The number of halogens is 1. The van der Waals surface area contributed by atoms with Gasteiger partial charge in [-0.15, -0.1) is 0 Å². The molecule has 0 radical (unpaired) electrons. The summed E-state index contributed by atoms with van der Waals surface area (Å²) in [5.74, 6) is -0.767. The van der Waals surface area contributed by atoms with E-state index in [1.807, 2.05) is 0 Å². The van der Waals surface area contributed by atoms with Crippen molar-refractivity contribution in [2.45, 2.75) is 11.0 Å². The van der Waals surface area contributed by atoms with Crippen molar-refractivity contribution >= 4 is 31.5 Å². The molecule has 1 rings (SSSR count). The Morgan fingerprint density at radius 3 is 2.33 bits per heavy atom. The quantitative estimate of drug-likeness (QED) is 0.816. The van der Waals surface area contributed by atoms with Crippen molar-refractivity contribution in [3.8, 4) is 0 Å². The molecule has 102 valence electrons. The third-order valence-corrected chi connectivity index (χ3v) is 4.29. The Morgan fingerprint density at radius 1 is 1.33 bits per heavy atom. The molecular weight excluding hydrogens is 302 g/mol. The molecule has 0 unspecified atom stereocenters. The van der Waals surface area contributed by atoms with Crippen LogP contribution in [-0.2, 0) is 19.9 Å². The van der Waals surface area contributed by atoms with Gasteiger partial charge < -0.3 is 5.11 Å². The Kier molecular flexibility index (Phi) is 4.39. The van der Waals surface area contributed by atoms with Crippen LogP contribution in [0.2, 0.25) is 5.02 Å². The van der Waals surface area contributed by atoms with Gasteiger partial charge in [0.15, 0.2) is 9.84 Å². The monoisotopic (exact) mass is 313 g/mol. The van der Waals surface area contributed by atoms with E-state index in [1.165, 1.54) is 12.1 Å². The Hall–Kier alpha value is -0.670. The maximum Gasteiger partial charge on any atom is 0.211 e. The average Bonchev–Trinajstić information content (AvgIpc) is 2.13. The van der Waals surface area contributed by atoms with Crippen molar-refractivity contribution in [2.24, 2.45) is 5.14 Å². The fourth-order valence-electron chi connectivity index (χ4n) is 1.41. The highest BCUT2D eigenvalue weighted by molar-refractivity contribution is 7.90. The molecule has 9 heteroatoms. The fourth-order valence-corrected chi connectivity index (χ4v) is 3.24. The maximum atomic E-state index is 11.5. The molecule has 0 aliphatic rings. The summed E-state index contributed by atoms with van der Waals surface area (Å²) in [6, 6.07) is 3.77. The lowest BCUT2D eigenvalue weighted by molar-refractivity contribution is 0.198. The van der Waals surface area contributed by atoms with Crippen molar-refractivity contribution < 1.29 is 21.9 Å². The molecule has 0 bridgehead atoms. The lowest BCUT2D eigenvalue weighted by Crippen LogP contribution is -2.22. The van der Waals surface area contributed by atoms with Crippen LogP contribution < -0.4 is 5.14 Å². The van der Waals surface area contributed by atoms with E-state index in [2.05, 4.69) is 0 Å². The summed E-state index contributed by atoms with van der Waals surface area (Å²) in [5.41, 5.74) is -0.0454. The summed E-state index contributed by atoms with van der Waals surface area (Å²) in [6.07, 6.45) is -0.590. The minimum Gasteiger partial charge on any atom is -0.387 e. The number of sulfone groups is 1. The first-order chi connectivity index (χ1) is 8.00. The van der Waals surface area contributed by atoms with Crippen molar-refractivity contribution in [3.05, 3.63) is 28.8 Å². The van der Waals surface area contributed by atoms with E-state index in [-0.39, 0.29) is 15.5 Å². The van der Waals surface area contributed by atoms with E-state index < -0.39 is 31.7 Å². The van der Waals surface area contributed by atoms with Gasteiger partial charge in [-0.3, -0.25) is 0 Å². The third kappa shape index (κ3) is 4.21. The maximum absolute atomic E-state index is 11.5. The van der Waals surface area contributed by atoms with Gasteiger partial charge in [-0.25, -0.2) is 22.0 Å². The zero-order valence-electron chi connectivity index (χ0n) is 9.37. The molecule has 1 atom stereocenters. The first kappa shape index (κ1) is 15.4. The van der Waals surface area contributed by atoms with Gasteiger partial charge in [0, 0.05) is 16.8 Å². The van der Waals surface area contributed by atoms with Gasteiger partial charge in [-0.1, -0.05) is 17.7 Å². The standard InChI is InChI=1S/C9H12ClNO5S2/c1-17(13,14)9-4-6(10)2-3-7(9)8(12)5-18(11,15)16/h2-4,8,12H,5H2,1H3,(H2,11,15,16)/t8-/m1/s1. The molecule has 0 heterocycles.